The van der Waals surface area contributed by atoms with Crippen LogP contribution < -0.4 is 10.1 Å². The van der Waals surface area contributed by atoms with Crippen molar-refractivity contribution in [1.82, 2.24) is 4.98 Å². The molecule has 1 aromatic heterocycles. The van der Waals surface area contributed by atoms with Gasteiger partial charge in [0.1, 0.15) is 11.6 Å². The number of amides is 1. The number of benzene rings is 1. The molecule has 102 valence electrons. The molecule has 1 unspecified atom stereocenters. The smallest absolute Gasteiger partial charge is 0.266 e. The maximum absolute atomic E-state index is 12.1. The van der Waals surface area contributed by atoms with Gasteiger partial charge in [0.15, 0.2) is 6.10 Å². The van der Waals surface area contributed by atoms with Crippen LogP contribution in [0.15, 0.2) is 36.5 Å². The van der Waals surface area contributed by atoms with Crippen LogP contribution in [0, 0.1) is 6.92 Å². The number of nitrogens with one attached hydrogen (secondary N) is 1. The second kappa shape index (κ2) is 5.13. The van der Waals surface area contributed by atoms with Crippen molar-refractivity contribution in [2.75, 3.05) is 5.32 Å². The third-order valence-corrected chi connectivity index (χ3v) is 3.39. The van der Waals surface area contributed by atoms with Crippen LogP contribution in [0.25, 0.3) is 0 Å². The first-order chi connectivity index (χ1) is 9.61. The Hall–Kier alpha value is -2.07. The highest BCUT2D eigenvalue weighted by molar-refractivity contribution is 6.30. The number of nitrogens with zero attached hydrogens (tertiary/aromatic N) is 1. The quantitative estimate of drug-likeness (QED) is 0.924. The lowest BCUT2D eigenvalue weighted by Crippen LogP contribution is -2.31. The number of ether oxygens (including phenoxy) is 1. The molecule has 1 aromatic carbocycles. The molecule has 0 saturated carbocycles. The number of hydrogen-bond acceptors (Lipinski definition) is 3. The van der Waals surface area contributed by atoms with Gasteiger partial charge in [-0.05, 0) is 42.3 Å². The largest absolute Gasteiger partial charge is 0.480 e. The van der Waals surface area contributed by atoms with Gasteiger partial charge < -0.3 is 10.1 Å². The minimum atomic E-state index is -0.536. The molecule has 1 N–H and O–H groups in total. The van der Waals surface area contributed by atoms with E-state index in [2.05, 4.69) is 10.3 Å². The van der Waals surface area contributed by atoms with Gasteiger partial charge in [-0.3, -0.25) is 4.79 Å². The lowest BCUT2D eigenvalue weighted by atomic mass is 10.1. The molecule has 5 heteroatoms. The monoisotopic (exact) mass is 288 g/mol. The zero-order valence-electron chi connectivity index (χ0n) is 10.9. The summed E-state index contributed by atoms with van der Waals surface area (Å²) in [7, 11) is 0. The molecule has 0 saturated heterocycles. The van der Waals surface area contributed by atoms with Crippen LogP contribution in [0.3, 0.4) is 0 Å². The van der Waals surface area contributed by atoms with Gasteiger partial charge in [-0.25, -0.2) is 4.98 Å². The highest BCUT2D eigenvalue weighted by Gasteiger charge is 2.29. The molecule has 3 rings (SSSR count). The van der Waals surface area contributed by atoms with Crippen LogP contribution >= 0.6 is 11.6 Å². The van der Waals surface area contributed by atoms with E-state index < -0.39 is 6.10 Å². The molecule has 1 aliphatic heterocycles. The molecule has 4 nitrogen and oxygen atoms in total. The summed E-state index contributed by atoms with van der Waals surface area (Å²) in [6, 6.07) is 9.03. The summed E-state index contributed by atoms with van der Waals surface area (Å²) in [5.74, 6) is 1.04. The molecule has 0 radical (unpaired) electrons. The van der Waals surface area contributed by atoms with E-state index in [1.807, 2.05) is 19.1 Å². The van der Waals surface area contributed by atoms with Gasteiger partial charge in [0.25, 0.3) is 5.91 Å². The number of aryl methyl sites for hydroxylation is 1. The van der Waals surface area contributed by atoms with Gasteiger partial charge in [-0.1, -0.05) is 17.7 Å². The summed E-state index contributed by atoms with van der Waals surface area (Å²) in [5.41, 5.74) is 2.00. The molecule has 2 aromatic rings. The number of pyridine rings is 1. The van der Waals surface area contributed by atoms with Crippen molar-refractivity contribution in [3.63, 3.8) is 0 Å². The molecule has 0 spiro atoms. The Morgan fingerprint density at radius 1 is 1.40 bits per heavy atom. The Kier molecular flexibility index (Phi) is 3.32. The Balaban J connectivity index is 1.69. The van der Waals surface area contributed by atoms with E-state index in [-0.39, 0.29) is 5.91 Å². The van der Waals surface area contributed by atoms with Crippen LogP contribution in [0.1, 0.15) is 11.1 Å². The number of rotatable bonds is 2. The topological polar surface area (TPSA) is 51.2 Å². The number of halogens is 1. The molecule has 0 fully saturated rings. The minimum Gasteiger partial charge on any atom is -0.480 e. The lowest BCUT2D eigenvalue weighted by molar-refractivity contribution is -0.122. The van der Waals surface area contributed by atoms with Crippen molar-refractivity contribution < 1.29 is 9.53 Å². The summed E-state index contributed by atoms with van der Waals surface area (Å²) in [5, 5.41) is 3.40. The van der Waals surface area contributed by atoms with Crippen molar-refractivity contribution in [3.8, 4) is 5.75 Å². The van der Waals surface area contributed by atoms with Crippen LogP contribution in [-0.4, -0.2) is 17.0 Å². The Labute approximate surface area is 121 Å². The minimum absolute atomic E-state index is 0.200. The molecule has 20 heavy (non-hydrogen) atoms. The molecule has 2 heterocycles. The van der Waals surface area contributed by atoms with Crippen molar-refractivity contribution in [3.05, 3.63) is 52.7 Å². The Morgan fingerprint density at radius 3 is 3.00 bits per heavy atom. The van der Waals surface area contributed by atoms with Crippen molar-refractivity contribution >= 4 is 23.3 Å². The molecule has 1 atom stereocenters. The first kappa shape index (κ1) is 12.9. The molecule has 1 aliphatic rings. The van der Waals surface area contributed by atoms with E-state index in [0.717, 1.165) is 11.1 Å². The van der Waals surface area contributed by atoms with Crippen LogP contribution in [-0.2, 0) is 11.2 Å². The first-order valence-electron chi connectivity index (χ1n) is 6.30. The summed E-state index contributed by atoms with van der Waals surface area (Å²) in [6.45, 7) is 1.94. The number of fused-ring (bicyclic) bond motifs is 1. The fourth-order valence-corrected chi connectivity index (χ4v) is 2.31. The van der Waals surface area contributed by atoms with Crippen molar-refractivity contribution in [1.29, 1.82) is 0 Å². The predicted molar refractivity (Wildman–Crippen MR) is 77.2 cm³/mol. The van der Waals surface area contributed by atoms with E-state index in [1.54, 1.807) is 24.4 Å². The van der Waals surface area contributed by atoms with E-state index in [4.69, 9.17) is 16.3 Å². The second-order valence-corrected chi connectivity index (χ2v) is 5.21. The Morgan fingerprint density at radius 2 is 2.25 bits per heavy atom. The highest BCUT2D eigenvalue weighted by atomic mass is 35.5. The van der Waals surface area contributed by atoms with Gasteiger partial charge >= 0.3 is 0 Å². The molecule has 1 amide bonds. The zero-order valence-corrected chi connectivity index (χ0v) is 11.6. The van der Waals surface area contributed by atoms with Crippen molar-refractivity contribution in [2.24, 2.45) is 0 Å². The fourth-order valence-electron chi connectivity index (χ4n) is 2.11. The number of anilines is 1. The maximum Gasteiger partial charge on any atom is 0.266 e. The van der Waals surface area contributed by atoms with Crippen LogP contribution in [0.2, 0.25) is 5.02 Å². The number of carbonyl (C=O) groups excluding carboxylic acids is 1. The average molecular weight is 289 g/mol. The van der Waals surface area contributed by atoms with E-state index in [0.29, 0.717) is 23.0 Å². The SMILES string of the molecule is Cc1ccc(NC(=O)C2Cc3cc(Cl)ccc3O2)nc1. The van der Waals surface area contributed by atoms with E-state index >= 15 is 0 Å². The van der Waals surface area contributed by atoms with E-state index in [9.17, 15) is 4.79 Å². The van der Waals surface area contributed by atoms with Gasteiger partial charge in [-0.15, -0.1) is 0 Å². The maximum atomic E-state index is 12.1. The first-order valence-corrected chi connectivity index (χ1v) is 6.68. The predicted octanol–water partition coefficient (Wildman–Crippen LogP) is 2.99. The van der Waals surface area contributed by atoms with E-state index in [1.165, 1.54) is 0 Å². The molecule has 0 bridgehead atoms. The zero-order chi connectivity index (χ0) is 14.1. The van der Waals surface area contributed by atoms with Gasteiger partial charge in [-0.2, -0.15) is 0 Å². The van der Waals surface area contributed by atoms with Gasteiger partial charge in [0.2, 0.25) is 0 Å². The molecule has 0 aliphatic carbocycles. The third-order valence-electron chi connectivity index (χ3n) is 3.15. The third kappa shape index (κ3) is 2.60. The normalized spacial score (nSPS) is 16.4. The fraction of sp³-hybridized carbons (Fsp3) is 0.200. The summed E-state index contributed by atoms with van der Waals surface area (Å²) >= 11 is 5.93. The average Bonchev–Trinajstić information content (AvgIpc) is 2.84. The number of hydrogen-bond donors (Lipinski definition) is 1. The van der Waals surface area contributed by atoms with Gasteiger partial charge in [0, 0.05) is 17.6 Å². The molecular formula is C15H13ClN2O2. The number of carbonyl (C=O) groups is 1. The second-order valence-electron chi connectivity index (χ2n) is 4.77. The number of aromatic nitrogens is 1. The molecular weight excluding hydrogens is 276 g/mol. The summed E-state index contributed by atoms with van der Waals surface area (Å²) in [4.78, 5) is 16.3. The van der Waals surface area contributed by atoms with Crippen molar-refractivity contribution in [2.45, 2.75) is 19.4 Å². The van der Waals surface area contributed by atoms with Gasteiger partial charge in [0.05, 0.1) is 0 Å². The van der Waals surface area contributed by atoms with Crippen LogP contribution in [0.4, 0.5) is 5.82 Å². The Bertz CT molecular complexity index is 655. The van der Waals surface area contributed by atoms with Crippen LogP contribution in [0.5, 0.6) is 5.75 Å². The standard InChI is InChI=1S/C15H13ClN2O2/c1-9-2-5-14(17-8-9)18-15(19)13-7-10-6-11(16)3-4-12(10)20-13/h2-6,8,13H,7H2,1H3,(H,17,18,19). The summed E-state index contributed by atoms with van der Waals surface area (Å²) < 4.78 is 5.62. The summed E-state index contributed by atoms with van der Waals surface area (Å²) in [6.07, 6.45) is 1.69. The highest BCUT2D eigenvalue weighted by Crippen LogP contribution is 2.31. The lowest BCUT2D eigenvalue weighted by Gasteiger charge is -2.10.